The molecule has 2 aromatic rings. The summed E-state index contributed by atoms with van der Waals surface area (Å²) in [6.07, 6.45) is 0. The smallest absolute Gasteiger partial charge is 0.127 e. The molecule has 2 nitrogen and oxygen atoms in total. The van der Waals surface area contributed by atoms with Gasteiger partial charge < -0.3 is 10.4 Å². The molecule has 2 rings (SSSR count). The Bertz CT molecular complexity index is 782. The third-order valence-corrected chi connectivity index (χ3v) is 5.81. The summed E-state index contributed by atoms with van der Waals surface area (Å²) in [6.45, 7) is 18.1. The molecule has 0 bridgehead atoms. The van der Waals surface area contributed by atoms with Gasteiger partial charge in [0.2, 0.25) is 0 Å². The van der Waals surface area contributed by atoms with E-state index in [0.29, 0.717) is 14.3 Å². The topological polar surface area (TPSA) is 32.3 Å². The second-order valence-corrected chi connectivity index (χ2v) is 10.7. The van der Waals surface area contributed by atoms with Gasteiger partial charge in [-0.1, -0.05) is 59.2 Å². The molecule has 0 amide bonds. The normalized spacial score (nSPS) is 12.9. The van der Waals surface area contributed by atoms with E-state index in [2.05, 4.69) is 91.0 Å². The Morgan fingerprint density at radius 1 is 0.885 bits per heavy atom. The summed E-state index contributed by atoms with van der Waals surface area (Å²) in [5.74, 6) is 0.455. The molecule has 1 atom stereocenters. The molecule has 142 valence electrons. The average Bonchev–Trinajstić information content (AvgIpc) is 2.48. The lowest BCUT2D eigenvalue weighted by Crippen LogP contribution is -2.36. The number of nitrogens with one attached hydrogen (secondary N) is 1. The van der Waals surface area contributed by atoms with Gasteiger partial charge in [0.1, 0.15) is 5.75 Å². The fourth-order valence-electron chi connectivity index (χ4n) is 2.94. The maximum atomic E-state index is 10.9. The summed E-state index contributed by atoms with van der Waals surface area (Å²) in [5, 5.41) is 16.8. The zero-order valence-electron chi connectivity index (χ0n) is 17.5. The first-order valence-electron chi connectivity index (χ1n) is 9.32. The maximum absolute atomic E-state index is 10.9. The average molecular weight is 372 g/mol. The van der Waals surface area contributed by atoms with Gasteiger partial charge in [-0.15, -0.1) is 0 Å². The molecule has 2 aromatic carbocycles. The van der Waals surface area contributed by atoms with Crippen molar-refractivity contribution >= 4 is 19.2 Å². The van der Waals surface area contributed by atoms with Gasteiger partial charge in [-0.2, -0.15) is 0 Å². The van der Waals surface area contributed by atoms with Crippen LogP contribution in [-0.2, 0) is 12.0 Å². The Kier molecular flexibility index (Phi) is 6.20. The quantitative estimate of drug-likeness (QED) is 0.755. The molecular weight excluding hydrogens is 337 g/mol. The molecule has 0 aliphatic rings. The molecular formula is C23H34NOP. The van der Waals surface area contributed by atoms with Crippen LogP contribution < -0.4 is 15.9 Å². The Morgan fingerprint density at radius 3 is 2.12 bits per heavy atom. The molecule has 0 saturated heterocycles. The van der Waals surface area contributed by atoms with Crippen LogP contribution in [0.1, 0.15) is 63.8 Å². The number of rotatable bonds is 4. The summed E-state index contributed by atoms with van der Waals surface area (Å²) in [5.41, 5.74) is 4.83. The molecule has 2 N–H and O–H groups in total. The van der Waals surface area contributed by atoms with Crippen LogP contribution in [0.2, 0.25) is 0 Å². The molecule has 3 heteroatoms. The zero-order chi connectivity index (χ0) is 19.7. The summed E-state index contributed by atoms with van der Waals surface area (Å²) in [6, 6.07) is 10.9. The summed E-state index contributed by atoms with van der Waals surface area (Å²) < 4.78 is 0. The molecule has 0 aromatic heterocycles. The lowest BCUT2D eigenvalue weighted by molar-refractivity contribution is 0.425. The minimum absolute atomic E-state index is 0.0702. The highest BCUT2D eigenvalue weighted by molar-refractivity contribution is 7.55. The molecule has 1 unspecified atom stereocenters. The highest BCUT2D eigenvalue weighted by Gasteiger charge is 2.21. The fourth-order valence-corrected chi connectivity index (χ4v) is 4.27. The van der Waals surface area contributed by atoms with E-state index >= 15 is 0 Å². The van der Waals surface area contributed by atoms with Crippen LogP contribution in [0, 0.1) is 13.8 Å². The van der Waals surface area contributed by atoms with Crippen molar-refractivity contribution in [1.82, 2.24) is 5.32 Å². The van der Waals surface area contributed by atoms with Crippen LogP contribution in [0.5, 0.6) is 5.75 Å². The Hall–Kier alpha value is -1.37. The predicted octanol–water partition coefficient (Wildman–Crippen LogP) is 4.82. The van der Waals surface area contributed by atoms with E-state index in [-0.39, 0.29) is 11.0 Å². The predicted molar refractivity (Wildman–Crippen MR) is 117 cm³/mol. The second-order valence-electron chi connectivity index (χ2n) is 9.35. The van der Waals surface area contributed by atoms with Crippen molar-refractivity contribution < 1.29 is 5.11 Å². The Balaban J connectivity index is 2.41. The van der Waals surface area contributed by atoms with Crippen LogP contribution in [0.25, 0.3) is 0 Å². The summed E-state index contributed by atoms with van der Waals surface area (Å²) >= 11 is 0. The van der Waals surface area contributed by atoms with Gasteiger partial charge in [0.05, 0.1) is 0 Å². The zero-order valence-corrected chi connectivity index (χ0v) is 18.5. The minimum atomic E-state index is -0.0702. The molecule has 26 heavy (non-hydrogen) atoms. The third-order valence-electron chi connectivity index (χ3n) is 4.40. The van der Waals surface area contributed by atoms with Crippen LogP contribution in [0.15, 0.2) is 30.3 Å². The monoisotopic (exact) mass is 371 g/mol. The van der Waals surface area contributed by atoms with Crippen molar-refractivity contribution in [2.45, 2.75) is 72.9 Å². The molecule has 0 saturated carbocycles. The van der Waals surface area contributed by atoms with Crippen molar-refractivity contribution in [3.05, 3.63) is 52.6 Å². The number of hydrogen-bond donors (Lipinski definition) is 2. The van der Waals surface area contributed by atoms with E-state index in [0.717, 1.165) is 17.4 Å². The van der Waals surface area contributed by atoms with Gasteiger partial charge >= 0.3 is 0 Å². The highest BCUT2D eigenvalue weighted by Crippen LogP contribution is 2.33. The number of hydrogen-bond acceptors (Lipinski definition) is 2. The van der Waals surface area contributed by atoms with E-state index in [4.69, 9.17) is 0 Å². The third kappa shape index (κ3) is 5.56. The Labute approximate surface area is 161 Å². The van der Waals surface area contributed by atoms with Crippen molar-refractivity contribution in [2.75, 3.05) is 0 Å². The first kappa shape index (κ1) is 20.9. The highest BCUT2D eigenvalue weighted by atomic mass is 31.1. The lowest BCUT2D eigenvalue weighted by Gasteiger charge is -2.24. The fraction of sp³-hybridized carbons (Fsp3) is 0.478. The largest absolute Gasteiger partial charge is 0.507 e. The SMILES string of the molecule is Cc1ccc(Pc2cc(C)cc(C(C)(C)C)c2O)c(CNC(C)(C)C)c1. The molecule has 0 heterocycles. The van der Waals surface area contributed by atoms with Crippen molar-refractivity contribution in [3.63, 3.8) is 0 Å². The molecule has 0 spiro atoms. The first-order valence-corrected chi connectivity index (χ1v) is 10.3. The van der Waals surface area contributed by atoms with Gasteiger partial charge in [-0.25, -0.2) is 0 Å². The molecule has 0 radical (unpaired) electrons. The number of benzene rings is 2. The second kappa shape index (κ2) is 7.71. The summed E-state index contributed by atoms with van der Waals surface area (Å²) in [4.78, 5) is 0. The van der Waals surface area contributed by atoms with E-state index in [1.54, 1.807) is 0 Å². The van der Waals surface area contributed by atoms with Crippen LogP contribution in [-0.4, -0.2) is 10.6 Å². The lowest BCUT2D eigenvalue weighted by atomic mass is 9.85. The molecule has 0 fully saturated rings. The van der Waals surface area contributed by atoms with E-state index in [9.17, 15) is 5.11 Å². The summed E-state index contributed by atoms with van der Waals surface area (Å²) in [7, 11) is 0.446. The van der Waals surface area contributed by atoms with Gasteiger partial charge in [0.15, 0.2) is 0 Å². The van der Waals surface area contributed by atoms with Crippen molar-refractivity contribution in [1.29, 1.82) is 0 Å². The Morgan fingerprint density at radius 2 is 1.54 bits per heavy atom. The van der Waals surface area contributed by atoms with Gasteiger partial charge in [-0.05, 0) is 62.5 Å². The van der Waals surface area contributed by atoms with Crippen LogP contribution in [0.4, 0.5) is 0 Å². The number of aromatic hydroxyl groups is 1. The van der Waals surface area contributed by atoms with Crippen LogP contribution in [0.3, 0.4) is 0 Å². The van der Waals surface area contributed by atoms with Gasteiger partial charge in [-0.3, -0.25) is 0 Å². The van der Waals surface area contributed by atoms with Gasteiger partial charge in [0, 0.05) is 23.0 Å². The number of phenolic OH excluding ortho intramolecular Hbond substituents is 1. The molecule has 0 aliphatic heterocycles. The number of aryl methyl sites for hydroxylation is 2. The van der Waals surface area contributed by atoms with Crippen molar-refractivity contribution in [3.8, 4) is 5.75 Å². The van der Waals surface area contributed by atoms with E-state index in [1.807, 2.05) is 0 Å². The van der Waals surface area contributed by atoms with E-state index < -0.39 is 0 Å². The molecule has 0 aliphatic carbocycles. The van der Waals surface area contributed by atoms with Gasteiger partial charge in [0.25, 0.3) is 0 Å². The van der Waals surface area contributed by atoms with E-state index in [1.165, 1.54) is 22.0 Å². The van der Waals surface area contributed by atoms with Crippen LogP contribution >= 0.6 is 8.58 Å². The minimum Gasteiger partial charge on any atom is -0.507 e. The number of phenols is 1. The maximum Gasteiger partial charge on any atom is 0.127 e. The van der Waals surface area contributed by atoms with Crippen molar-refractivity contribution in [2.24, 2.45) is 0 Å². The standard InChI is InChI=1S/C23H34NOP/c1-15-9-10-19(17(11-15)14-24-23(6,7)8)26-20-13-16(2)12-18(21(20)25)22(3,4)5/h9-13,24-26H,14H2,1-8H3. The first-order chi connectivity index (χ1) is 11.9.